The number of rotatable bonds is 5. The molecule has 5 heteroatoms. The SMILES string of the molecule is COc1ccccc1C(=O)NCc1nc(-c2ccccc2)c(C)o1. The quantitative estimate of drug-likeness (QED) is 0.779. The minimum absolute atomic E-state index is 0.213. The Morgan fingerprint density at radius 3 is 2.58 bits per heavy atom. The first-order valence-electron chi connectivity index (χ1n) is 7.62. The summed E-state index contributed by atoms with van der Waals surface area (Å²) in [5.41, 5.74) is 2.25. The Morgan fingerprint density at radius 1 is 1.12 bits per heavy atom. The second-order valence-corrected chi connectivity index (χ2v) is 5.26. The fraction of sp³-hybridized carbons (Fsp3) is 0.158. The lowest BCUT2D eigenvalue weighted by Crippen LogP contribution is -2.23. The van der Waals surface area contributed by atoms with Gasteiger partial charge in [0.2, 0.25) is 5.89 Å². The summed E-state index contributed by atoms with van der Waals surface area (Å²) < 4.78 is 10.9. The highest BCUT2D eigenvalue weighted by atomic mass is 16.5. The molecule has 0 aliphatic heterocycles. The van der Waals surface area contributed by atoms with Gasteiger partial charge >= 0.3 is 0 Å². The second-order valence-electron chi connectivity index (χ2n) is 5.26. The van der Waals surface area contributed by atoms with Crippen LogP contribution in [0, 0.1) is 6.92 Å². The van der Waals surface area contributed by atoms with Gasteiger partial charge in [0, 0.05) is 5.56 Å². The molecule has 0 radical (unpaired) electrons. The number of carbonyl (C=O) groups is 1. The average molecular weight is 322 g/mol. The Morgan fingerprint density at radius 2 is 1.83 bits per heavy atom. The largest absolute Gasteiger partial charge is 0.496 e. The lowest BCUT2D eigenvalue weighted by molar-refractivity contribution is 0.0944. The van der Waals surface area contributed by atoms with Crippen molar-refractivity contribution in [1.29, 1.82) is 0 Å². The van der Waals surface area contributed by atoms with Gasteiger partial charge in [0.25, 0.3) is 5.91 Å². The highest BCUT2D eigenvalue weighted by molar-refractivity contribution is 5.96. The Bertz CT molecular complexity index is 841. The molecule has 0 saturated carbocycles. The number of carbonyl (C=O) groups excluding carboxylic acids is 1. The highest BCUT2D eigenvalue weighted by Crippen LogP contribution is 2.23. The first-order chi connectivity index (χ1) is 11.7. The van der Waals surface area contributed by atoms with Gasteiger partial charge in [-0.2, -0.15) is 0 Å². The van der Waals surface area contributed by atoms with Gasteiger partial charge in [-0.05, 0) is 19.1 Å². The molecule has 1 aromatic heterocycles. The Balaban J connectivity index is 1.72. The second kappa shape index (κ2) is 7.00. The lowest BCUT2D eigenvalue weighted by atomic mass is 10.1. The van der Waals surface area contributed by atoms with E-state index >= 15 is 0 Å². The molecule has 2 aromatic carbocycles. The third-order valence-corrected chi connectivity index (χ3v) is 3.64. The van der Waals surface area contributed by atoms with Crippen molar-refractivity contribution >= 4 is 5.91 Å². The third kappa shape index (κ3) is 3.30. The van der Waals surface area contributed by atoms with Gasteiger partial charge in [0.15, 0.2) is 0 Å². The monoisotopic (exact) mass is 322 g/mol. The molecule has 5 nitrogen and oxygen atoms in total. The van der Waals surface area contributed by atoms with Gasteiger partial charge in [0.05, 0.1) is 19.2 Å². The van der Waals surface area contributed by atoms with E-state index in [0.29, 0.717) is 17.2 Å². The van der Waals surface area contributed by atoms with Crippen LogP contribution in [0.1, 0.15) is 22.0 Å². The number of amides is 1. The molecule has 1 heterocycles. The molecule has 0 atom stereocenters. The zero-order valence-electron chi connectivity index (χ0n) is 13.6. The van der Waals surface area contributed by atoms with Crippen LogP contribution in [0.5, 0.6) is 5.75 Å². The molecule has 1 N–H and O–H groups in total. The Labute approximate surface area is 140 Å². The van der Waals surface area contributed by atoms with Gasteiger partial charge in [-0.15, -0.1) is 0 Å². The minimum Gasteiger partial charge on any atom is -0.496 e. The molecule has 0 spiro atoms. The average Bonchev–Trinajstić information content (AvgIpc) is 3.01. The number of benzene rings is 2. The number of para-hydroxylation sites is 1. The van der Waals surface area contributed by atoms with Gasteiger partial charge in [-0.1, -0.05) is 42.5 Å². The molecule has 3 aromatic rings. The van der Waals surface area contributed by atoms with Crippen molar-refractivity contribution in [3.63, 3.8) is 0 Å². The van der Waals surface area contributed by atoms with Crippen LogP contribution >= 0.6 is 0 Å². The van der Waals surface area contributed by atoms with E-state index in [4.69, 9.17) is 9.15 Å². The van der Waals surface area contributed by atoms with Gasteiger partial charge in [0.1, 0.15) is 17.2 Å². The van der Waals surface area contributed by atoms with Gasteiger partial charge < -0.3 is 14.5 Å². The van der Waals surface area contributed by atoms with Crippen LogP contribution in [0.15, 0.2) is 59.0 Å². The molecule has 0 aliphatic rings. The number of ether oxygens (including phenoxy) is 1. The molecular formula is C19H18N2O3. The van der Waals surface area contributed by atoms with Crippen LogP contribution in [0.25, 0.3) is 11.3 Å². The molecular weight excluding hydrogens is 304 g/mol. The molecule has 0 saturated heterocycles. The molecule has 0 unspecified atom stereocenters. The van der Waals surface area contributed by atoms with E-state index in [-0.39, 0.29) is 12.5 Å². The van der Waals surface area contributed by atoms with Gasteiger partial charge in [-0.3, -0.25) is 4.79 Å². The summed E-state index contributed by atoms with van der Waals surface area (Å²) >= 11 is 0. The fourth-order valence-electron chi connectivity index (χ4n) is 2.47. The van der Waals surface area contributed by atoms with E-state index in [2.05, 4.69) is 10.3 Å². The molecule has 122 valence electrons. The van der Waals surface area contributed by atoms with E-state index in [1.54, 1.807) is 18.2 Å². The van der Waals surface area contributed by atoms with Crippen LogP contribution in [0.2, 0.25) is 0 Å². The minimum atomic E-state index is -0.232. The van der Waals surface area contributed by atoms with E-state index < -0.39 is 0 Å². The topological polar surface area (TPSA) is 64.4 Å². The van der Waals surface area contributed by atoms with Crippen LogP contribution in [-0.2, 0) is 6.54 Å². The van der Waals surface area contributed by atoms with Crippen molar-refractivity contribution in [3.05, 3.63) is 71.8 Å². The number of aromatic nitrogens is 1. The summed E-state index contributed by atoms with van der Waals surface area (Å²) in [7, 11) is 1.54. The zero-order valence-corrected chi connectivity index (χ0v) is 13.6. The molecule has 24 heavy (non-hydrogen) atoms. The summed E-state index contributed by atoms with van der Waals surface area (Å²) in [5, 5.41) is 2.81. The third-order valence-electron chi connectivity index (χ3n) is 3.64. The zero-order chi connectivity index (χ0) is 16.9. The summed E-state index contributed by atoms with van der Waals surface area (Å²) in [6.07, 6.45) is 0. The van der Waals surface area contributed by atoms with E-state index in [0.717, 1.165) is 17.0 Å². The molecule has 0 bridgehead atoms. The smallest absolute Gasteiger partial charge is 0.255 e. The van der Waals surface area contributed by atoms with Crippen molar-refractivity contribution in [2.45, 2.75) is 13.5 Å². The maximum absolute atomic E-state index is 12.3. The number of aryl methyl sites for hydroxylation is 1. The molecule has 1 amide bonds. The number of oxazole rings is 1. The number of hydrogen-bond donors (Lipinski definition) is 1. The number of methoxy groups -OCH3 is 1. The lowest BCUT2D eigenvalue weighted by Gasteiger charge is -2.07. The van der Waals surface area contributed by atoms with Crippen LogP contribution in [0.3, 0.4) is 0 Å². The number of nitrogens with one attached hydrogen (secondary N) is 1. The van der Waals surface area contributed by atoms with Crippen LogP contribution < -0.4 is 10.1 Å². The normalized spacial score (nSPS) is 10.4. The van der Waals surface area contributed by atoms with Crippen molar-refractivity contribution < 1.29 is 13.9 Å². The number of nitrogens with zero attached hydrogens (tertiary/aromatic N) is 1. The van der Waals surface area contributed by atoms with E-state index in [9.17, 15) is 4.79 Å². The van der Waals surface area contributed by atoms with Crippen molar-refractivity contribution in [3.8, 4) is 17.0 Å². The fourth-order valence-corrected chi connectivity index (χ4v) is 2.47. The maximum Gasteiger partial charge on any atom is 0.255 e. The van der Waals surface area contributed by atoms with Crippen LogP contribution in [0.4, 0.5) is 0 Å². The predicted molar refractivity (Wildman–Crippen MR) is 90.8 cm³/mol. The van der Waals surface area contributed by atoms with Crippen molar-refractivity contribution in [1.82, 2.24) is 10.3 Å². The summed E-state index contributed by atoms with van der Waals surface area (Å²) in [6.45, 7) is 2.07. The maximum atomic E-state index is 12.3. The first kappa shape index (κ1) is 15.8. The van der Waals surface area contributed by atoms with Gasteiger partial charge in [-0.25, -0.2) is 4.98 Å². The van der Waals surface area contributed by atoms with Crippen molar-refractivity contribution in [2.75, 3.05) is 7.11 Å². The highest BCUT2D eigenvalue weighted by Gasteiger charge is 2.14. The summed E-state index contributed by atoms with van der Waals surface area (Å²) in [5.74, 6) is 1.49. The molecule has 0 aliphatic carbocycles. The van der Waals surface area contributed by atoms with E-state index in [1.807, 2.05) is 43.3 Å². The number of hydrogen-bond acceptors (Lipinski definition) is 4. The molecule has 0 fully saturated rings. The molecule has 3 rings (SSSR count). The summed E-state index contributed by atoms with van der Waals surface area (Å²) in [4.78, 5) is 16.8. The first-order valence-corrected chi connectivity index (χ1v) is 7.62. The summed E-state index contributed by atoms with van der Waals surface area (Å²) in [6, 6.07) is 16.9. The van der Waals surface area contributed by atoms with Crippen LogP contribution in [-0.4, -0.2) is 18.0 Å². The predicted octanol–water partition coefficient (Wildman–Crippen LogP) is 3.59. The van der Waals surface area contributed by atoms with E-state index in [1.165, 1.54) is 7.11 Å². The van der Waals surface area contributed by atoms with Crippen molar-refractivity contribution in [2.24, 2.45) is 0 Å². The standard InChI is InChI=1S/C19H18N2O3/c1-13-18(14-8-4-3-5-9-14)21-17(24-13)12-20-19(22)15-10-6-7-11-16(15)23-2/h3-11H,12H2,1-2H3,(H,20,22). The Kier molecular flexibility index (Phi) is 4.61. The Hall–Kier alpha value is -3.08.